The van der Waals surface area contributed by atoms with Gasteiger partial charge in [0, 0.05) is 11.3 Å². The van der Waals surface area contributed by atoms with Gasteiger partial charge in [-0.15, -0.1) is 11.3 Å². The van der Waals surface area contributed by atoms with Crippen LogP contribution in [-0.4, -0.2) is 4.98 Å². The maximum Gasteiger partial charge on any atom is 0.180 e. The zero-order valence-electron chi connectivity index (χ0n) is 10.4. The number of hydrogen-bond acceptors (Lipinski definition) is 4. The summed E-state index contributed by atoms with van der Waals surface area (Å²) in [6.45, 7) is 3.62. The Morgan fingerprint density at radius 2 is 2.17 bits per heavy atom. The van der Waals surface area contributed by atoms with Gasteiger partial charge in [-0.1, -0.05) is 25.1 Å². The molecule has 0 fully saturated rings. The minimum atomic E-state index is 0.673. The van der Waals surface area contributed by atoms with Crippen molar-refractivity contribution in [1.82, 2.24) is 4.98 Å². The molecule has 0 bridgehead atoms. The van der Waals surface area contributed by atoms with Gasteiger partial charge in [-0.05, 0) is 23.1 Å². The number of thiazole rings is 1. The summed E-state index contributed by atoms with van der Waals surface area (Å²) >= 11 is 1.60. The minimum Gasteiger partial charge on any atom is -0.375 e. The van der Waals surface area contributed by atoms with Gasteiger partial charge < -0.3 is 10.5 Å². The second-order valence-corrected chi connectivity index (χ2v) is 5.66. The summed E-state index contributed by atoms with van der Waals surface area (Å²) in [5.74, 6) is 0. The van der Waals surface area contributed by atoms with Crippen LogP contribution < -0.4 is 5.73 Å². The second kappa shape index (κ2) is 4.71. The van der Waals surface area contributed by atoms with Gasteiger partial charge in [-0.25, -0.2) is 4.98 Å². The van der Waals surface area contributed by atoms with Crippen molar-refractivity contribution in [2.24, 2.45) is 0 Å². The fourth-order valence-electron chi connectivity index (χ4n) is 2.34. The van der Waals surface area contributed by atoms with Crippen molar-refractivity contribution in [3.05, 3.63) is 45.5 Å². The Kier molecular flexibility index (Phi) is 3.06. The van der Waals surface area contributed by atoms with Crippen molar-refractivity contribution < 1.29 is 4.74 Å². The van der Waals surface area contributed by atoms with Crippen molar-refractivity contribution in [3.8, 4) is 0 Å². The van der Waals surface area contributed by atoms with Gasteiger partial charge in [0.15, 0.2) is 5.13 Å². The third-order valence-corrected chi connectivity index (χ3v) is 4.21. The number of nitrogens with zero attached hydrogens (tertiary/aromatic N) is 1. The Labute approximate surface area is 111 Å². The smallest absolute Gasteiger partial charge is 0.180 e. The summed E-state index contributed by atoms with van der Waals surface area (Å²) < 4.78 is 5.44. The van der Waals surface area contributed by atoms with Gasteiger partial charge in [0.2, 0.25) is 0 Å². The largest absolute Gasteiger partial charge is 0.375 e. The van der Waals surface area contributed by atoms with Gasteiger partial charge >= 0.3 is 0 Å². The van der Waals surface area contributed by atoms with E-state index in [1.807, 2.05) is 0 Å². The van der Waals surface area contributed by atoms with E-state index in [4.69, 9.17) is 10.5 Å². The lowest BCUT2D eigenvalue weighted by atomic mass is 10.0. The van der Waals surface area contributed by atoms with E-state index in [-0.39, 0.29) is 0 Å². The molecule has 0 atom stereocenters. The number of ether oxygens (including phenoxy) is 1. The molecule has 3 rings (SSSR count). The van der Waals surface area contributed by atoms with Crippen LogP contribution >= 0.6 is 11.3 Å². The number of benzene rings is 1. The number of rotatable bonds is 3. The number of nitrogen functional groups attached to an aromatic ring is 1. The zero-order chi connectivity index (χ0) is 12.5. The molecular formula is C14H16N2OS. The van der Waals surface area contributed by atoms with Crippen LogP contribution in [0.3, 0.4) is 0 Å². The Morgan fingerprint density at radius 3 is 3.00 bits per heavy atom. The molecule has 0 radical (unpaired) electrons. The monoisotopic (exact) mass is 260 g/mol. The third-order valence-electron chi connectivity index (χ3n) is 3.28. The molecule has 2 aromatic rings. The maximum absolute atomic E-state index is 5.79. The summed E-state index contributed by atoms with van der Waals surface area (Å²) in [6.07, 6.45) is 1.86. The predicted octanol–water partition coefficient (Wildman–Crippen LogP) is 2.91. The molecule has 0 spiro atoms. The molecule has 0 saturated heterocycles. The first-order chi connectivity index (χ1) is 8.76. The van der Waals surface area contributed by atoms with Crippen molar-refractivity contribution in [1.29, 1.82) is 0 Å². The van der Waals surface area contributed by atoms with Crippen LogP contribution in [0.25, 0.3) is 0 Å². The number of anilines is 1. The van der Waals surface area contributed by atoms with Crippen LogP contribution in [0.4, 0.5) is 5.13 Å². The van der Waals surface area contributed by atoms with Crippen molar-refractivity contribution in [2.75, 3.05) is 5.73 Å². The number of fused-ring (bicyclic) bond motifs is 1. The molecule has 1 aliphatic heterocycles. The molecule has 0 unspecified atom stereocenters. The van der Waals surface area contributed by atoms with Crippen molar-refractivity contribution in [2.45, 2.75) is 33.0 Å². The van der Waals surface area contributed by atoms with E-state index in [2.05, 4.69) is 30.1 Å². The molecule has 1 aliphatic rings. The topological polar surface area (TPSA) is 48.1 Å². The first-order valence-electron chi connectivity index (χ1n) is 6.18. The quantitative estimate of drug-likeness (QED) is 0.923. The lowest BCUT2D eigenvalue weighted by Crippen LogP contribution is -1.93. The number of aromatic nitrogens is 1. The van der Waals surface area contributed by atoms with Gasteiger partial charge in [0.25, 0.3) is 0 Å². The van der Waals surface area contributed by atoms with Crippen molar-refractivity contribution in [3.63, 3.8) is 0 Å². The maximum atomic E-state index is 5.79. The zero-order valence-corrected chi connectivity index (χ0v) is 11.2. The van der Waals surface area contributed by atoms with E-state index in [0.717, 1.165) is 31.7 Å². The number of aryl methyl sites for hydroxylation is 1. The summed E-state index contributed by atoms with van der Waals surface area (Å²) in [6, 6.07) is 6.61. The summed E-state index contributed by atoms with van der Waals surface area (Å²) in [7, 11) is 0. The van der Waals surface area contributed by atoms with Crippen LogP contribution in [0, 0.1) is 0 Å². The molecule has 4 heteroatoms. The van der Waals surface area contributed by atoms with Gasteiger partial charge in [0.05, 0.1) is 18.9 Å². The van der Waals surface area contributed by atoms with Crippen LogP contribution in [0.15, 0.2) is 18.2 Å². The normalized spacial score (nSPS) is 13.8. The Morgan fingerprint density at radius 1 is 1.33 bits per heavy atom. The fourth-order valence-corrected chi connectivity index (χ4v) is 3.29. The molecule has 0 aliphatic carbocycles. The Balaban J connectivity index is 1.87. The summed E-state index contributed by atoms with van der Waals surface area (Å²) in [5, 5.41) is 0.673. The van der Waals surface area contributed by atoms with E-state index in [9.17, 15) is 0 Å². The van der Waals surface area contributed by atoms with E-state index >= 15 is 0 Å². The molecule has 0 amide bonds. The fraction of sp³-hybridized carbons (Fsp3) is 0.357. The molecule has 1 aromatic carbocycles. The highest BCUT2D eigenvalue weighted by atomic mass is 32.1. The molecule has 1 aromatic heterocycles. The minimum absolute atomic E-state index is 0.673. The number of hydrogen-bond donors (Lipinski definition) is 1. The lowest BCUT2D eigenvalue weighted by Gasteiger charge is -2.03. The van der Waals surface area contributed by atoms with E-state index < -0.39 is 0 Å². The molecule has 0 saturated carbocycles. The van der Waals surface area contributed by atoms with Crippen molar-refractivity contribution >= 4 is 16.5 Å². The average Bonchev–Trinajstić information content (AvgIpc) is 2.95. The highest BCUT2D eigenvalue weighted by Crippen LogP contribution is 2.26. The third kappa shape index (κ3) is 2.13. The molecular weight excluding hydrogens is 244 g/mol. The average molecular weight is 260 g/mol. The lowest BCUT2D eigenvalue weighted by molar-refractivity contribution is 0.134. The SMILES string of the molecule is CCc1nc(N)sc1Cc1ccc2c(c1)COC2. The molecule has 3 nitrogen and oxygen atoms in total. The van der Waals surface area contributed by atoms with Gasteiger partial charge in [-0.2, -0.15) is 0 Å². The molecule has 2 heterocycles. The van der Waals surface area contributed by atoms with Crippen LogP contribution in [-0.2, 0) is 30.8 Å². The first-order valence-corrected chi connectivity index (χ1v) is 7.00. The molecule has 2 N–H and O–H groups in total. The molecule has 94 valence electrons. The van der Waals surface area contributed by atoms with Crippen LogP contribution in [0.2, 0.25) is 0 Å². The second-order valence-electron chi connectivity index (χ2n) is 4.55. The highest BCUT2D eigenvalue weighted by Gasteiger charge is 2.13. The van der Waals surface area contributed by atoms with Gasteiger partial charge in [0.1, 0.15) is 0 Å². The first kappa shape index (κ1) is 11.7. The highest BCUT2D eigenvalue weighted by molar-refractivity contribution is 7.15. The summed E-state index contributed by atoms with van der Waals surface area (Å²) in [5.41, 5.74) is 10.9. The van der Waals surface area contributed by atoms with E-state index in [1.165, 1.54) is 21.6 Å². The van der Waals surface area contributed by atoms with Crippen LogP contribution in [0.5, 0.6) is 0 Å². The predicted molar refractivity (Wildman–Crippen MR) is 73.6 cm³/mol. The summed E-state index contributed by atoms with van der Waals surface area (Å²) in [4.78, 5) is 5.66. The number of nitrogens with two attached hydrogens (primary N) is 1. The standard InChI is InChI=1S/C14H16N2OS/c1-2-12-13(18-14(15)16-12)6-9-3-4-10-7-17-8-11(10)5-9/h3-5H,2,6-8H2,1H3,(H2,15,16). The van der Waals surface area contributed by atoms with E-state index in [0.29, 0.717) is 5.13 Å². The van der Waals surface area contributed by atoms with Crippen LogP contribution in [0.1, 0.15) is 34.2 Å². The Hall–Kier alpha value is -1.39. The Bertz CT molecular complexity index is 577. The molecule has 18 heavy (non-hydrogen) atoms. The van der Waals surface area contributed by atoms with E-state index in [1.54, 1.807) is 11.3 Å². The van der Waals surface area contributed by atoms with Gasteiger partial charge in [-0.3, -0.25) is 0 Å².